The molecule has 1 aliphatic heterocycles. The summed E-state index contributed by atoms with van der Waals surface area (Å²) in [6.45, 7) is 0.608. The lowest BCUT2D eigenvalue weighted by Gasteiger charge is -2.08. The third-order valence-electron chi connectivity index (χ3n) is 3.33. The van der Waals surface area contributed by atoms with Crippen molar-refractivity contribution in [3.8, 4) is 22.8 Å². The maximum Gasteiger partial charge on any atom is 0.303 e. The molecule has 0 saturated heterocycles. The molecule has 7 nitrogen and oxygen atoms in total. The number of aliphatic carboxylic acids is 1. The highest BCUT2D eigenvalue weighted by atomic mass is 16.7. The second kappa shape index (κ2) is 5.88. The number of nitrogens with zero attached hydrogens (tertiary/aromatic N) is 2. The quantitative estimate of drug-likeness (QED) is 0.874. The van der Waals surface area contributed by atoms with Gasteiger partial charge in [0.05, 0.1) is 5.69 Å². The molecular formula is C15H15N3O4. The molecule has 2 heterocycles. The maximum atomic E-state index is 10.6. The highest BCUT2D eigenvalue weighted by Crippen LogP contribution is 2.35. The lowest BCUT2D eigenvalue weighted by molar-refractivity contribution is -0.137. The van der Waals surface area contributed by atoms with E-state index in [-0.39, 0.29) is 18.7 Å². The first-order chi connectivity index (χ1) is 10.6. The van der Waals surface area contributed by atoms with E-state index >= 15 is 0 Å². The van der Waals surface area contributed by atoms with Crippen LogP contribution in [-0.4, -0.2) is 27.6 Å². The fraction of sp³-hybridized carbons (Fsp3) is 0.267. The van der Waals surface area contributed by atoms with Crippen LogP contribution in [0.25, 0.3) is 11.3 Å². The normalized spacial score (nSPS) is 12.4. The molecule has 114 valence electrons. The molecule has 22 heavy (non-hydrogen) atoms. The summed E-state index contributed by atoms with van der Waals surface area (Å²) in [6, 6.07) is 8.95. The summed E-state index contributed by atoms with van der Waals surface area (Å²) in [5.41, 5.74) is 1.80. The number of ether oxygens (including phenoxy) is 2. The number of aryl methyl sites for hydroxylation is 1. The van der Waals surface area contributed by atoms with Gasteiger partial charge in [-0.05, 0) is 36.8 Å². The molecule has 1 aromatic carbocycles. The first-order valence-corrected chi connectivity index (χ1v) is 6.88. The van der Waals surface area contributed by atoms with E-state index in [1.54, 1.807) is 12.1 Å². The lowest BCUT2D eigenvalue weighted by Crippen LogP contribution is -2.22. The number of hydrogen-bond acceptors (Lipinski definition) is 5. The molecule has 0 amide bonds. The van der Waals surface area contributed by atoms with Crippen molar-refractivity contribution in [2.24, 2.45) is 0 Å². The Balaban J connectivity index is 1.85. The van der Waals surface area contributed by atoms with Crippen molar-refractivity contribution < 1.29 is 19.4 Å². The van der Waals surface area contributed by atoms with Gasteiger partial charge < -0.3 is 14.6 Å². The second-order valence-electron chi connectivity index (χ2n) is 4.89. The molecule has 1 aliphatic rings. The third kappa shape index (κ3) is 2.93. The molecule has 2 N–H and O–H groups in total. The molecule has 0 bridgehead atoms. The van der Waals surface area contributed by atoms with Crippen molar-refractivity contribution in [1.29, 1.82) is 5.41 Å². The van der Waals surface area contributed by atoms with E-state index in [0.717, 1.165) is 5.56 Å². The zero-order valence-corrected chi connectivity index (χ0v) is 11.8. The van der Waals surface area contributed by atoms with Crippen molar-refractivity contribution in [2.45, 2.75) is 19.4 Å². The molecule has 0 aliphatic carbocycles. The summed E-state index contributed by atoms with van der Waals surface area (Å²) < 4.78 is 12.1. The van der Waals surface area contributed by atoms with Crippen LogP contribution in [0.5, 0.6) is 11.5 Å². The number of benzene rings is 1. The first kappa shape index (κ1) is 14.1. The van der Waals surface area contributed by atoms with Crippen LogP contribution in [0.2, 0.25) is 0 Å². The summed E-state index contributed by atoms with van der Waals surface area (Å²) >= 11 is 0. The predicted octanol–water partition coefficient (Wildman–Crippen LogP) is 1.62. The fourth-order valence-electron chi connectivity index (χ4n) is 2.22. The Labute approximate surface area is 126 Å². The molecule has 0 spiro atoms. The minimum absolute atomic E-state index is 0.0579. The number of carboxylic acid groups (broad SMARTS) is 1. The fourth-order valence-corrected chi connectivity index (χ4v) is 2.22. The van der Waals surface area contributed by atoms with Gasteiger partial charge in [0.1, 0.15) is 5.49 Å². The van der Waals surface area contributed by atoms with Crippen molar-refractivity contribution in [3.63, 3.8) is 0 Å². The van der Waals surface area contributed by atoms with Crippen LogP contribution in [0.3, 0.4) is 0 Å². The average molecular weight is 301 g/mol. The van der Waals surface area contributed by atoms with Gasteiger partial charge in [-0.3, -0.25) is 10.2 Å². The number of carboxylic acids is 1. The number of fused-ring (bicyclic) bond motifs is 1. The number of hydrogen-bond donors (Lipinski definition) is 2. The Bertz CT molecular complexity index is 770. The minimum Gasteiger partial charge on any atom is -0.481 e. The Morgan fingerprint density at radius 2 is 2.09 bits per heavy atom. The van der Waals surface area contributed by atoms with E-state index in [2.05, 4.69) is 5.10 Å². The van der Waals surface area contributed by atoms with E-state index in [1.165, 1.54) is 4.68 Å². The van der Waals surface area contributed by atoms with Gasteiger partial charge in [0.15, 0.2) is 11.5 Å². The second-order valence-corrected chi connectivity index (χ2v) is 4.89. The van der Waals surface area contributed by atoms with E-state index in [4.69, 9.17) is 20.0 Å². The van der Waals surface area contributed by atoms with Gasteiger partial charge in [0.2, 0.25) is 6.79 Å². The van der Waals surface area contributed by atoms with E-state index in [0.29, 0.717) is 30.2 Å². The van der Waals surface area contributed by atoms with Crippen LogP contribution in [-0.2, 0) is 11.3 Å². The lowest BCUT2D eigenvalue weighted by atomic mass is 10.1. The SMILES string of the molecule is N=c1ccc(-c2ccc3c(c2)OCO3)nn1CCCC(=O)O. The molecule has 0 fully saturated rings. The molecule has 0 radical (unpaired) electrons. The number of nitrogens with one attached hydrogen (secondary N) is 1. The Hall–Kier alpha value is -2.83. The predicted molar refractivity (Wildman–Crippen MR) is 76.5 cm³/mol. The Morgan fingerprint density at radius 3 is 2.91 bits per heavy atom. The van der Waals surface area contributed by atoms with Crippen LogP contribution in [0.1, 0.15) is 12.8 Å². The summed E-state index contributed by atoms with van der Waals surface area (Å²) in [7, 11) is 0. The number of carbonyl (C=O) groups is 1. The van der Waals surface area contributed by atoms with Gasteiger partial charge in [-0.25, -0.2) is 4.68 Å². The van der Waals surface area contributed by atoms with Gasteiger partial charge in [-0.15, -0.1) is 0 Å². The van der Waals surface area contributed by atoms with Crippen molar-refractivity contribution in [2.75, 3.05) is 6.79 Å². The minimum atomic E-state index is -0.848. The number of rotatable bonds is 5. The molecule has 7 heteroatoms. The first-order valence-electron chi connectivity index (χ1n) is 6.88. The summed E-state index contributed by atoms with van der Waals surface area (Å²) in [5.74, 6) is 0.529. The van der Waals surface area contributed by atoms with Crippen LogP contribution in [0, 0.1) is 5.41 Å². The van der Waals surface area contributed by atoms with Crippen LogP contribution in [0.4, 0.5) is 0 Å². The zero-order valence-electron chi connectivity index (χ0n) is 11.8. The molecule has 0 atom stereocenters. The molecule has 0 saturated carbocycles. The van der Waals surface area contributed by atoms with E-state index in [9.17, 15) is 4.79 Å². The monoisotopic (exact) mass is 301 g/mol. The molecule has 2 aromatic rings. The van der Waals surface area contributed by atoms with Gasteiger partial charge in [0.25, 0.3) is 0 Å². The van der Waals surface area contributed by atoms with Gasteiger partial charge in [-0.1, -0.05) is 0 Å². The smallest absolute Gasteiger partial charge is 0.303 e. The van der Waals surface area contributed by atoms with Crippen molar-refractivity contribution in [1.82, 2.24) is 9.78 Å². The highest BCUT2D eigenvalue weighted by molar-refractivity contribution is 5.66. The molecule has 1 aromatic heterocycles. The topological polar surface area (TPSA) is 97.4 Å². The molecular weight excluding hydrogens is 286 g/mol. The Morgan fingerprint density at radius 1 is 1.27 bits per heavy atom. The Kier molecular flexibility index (Phi) is 3.78. The van der Waals surface area contributed by atoms with Gasteiger partial charge >= 0.3 is 5.97 Å². The van der Waals surface area contributed by atoms with Crippen LogP contribution in [0.15, 0.2) is 30.3 Å². The van der Waals surface area contributed by atoms with Crippen molar-refractivity contribution >= 4 is 5.97 Å². The van der Waals surface area contributed by atoms with E-state index in [1.807, 2.05) is 18.2 Å². The summed E-state index contributed by atoms with van der Waals surface area (Å²) in [6.07, 6.45) is 0.492. The molecule has 0 unspecified atom stereocenters. The van der Waals surface area contributed by atoms with Gasteiger partial charge in [-0.2, -0.15) is 5.10 Å². The van der Waals surface area contributed by atoms with Crippen LogP contribution >= 0.6 is 0 Å². The summed E-state index contributed by atoms with van der Waals surface area (Å²) in [4.78, 5) is 10.6. The van der Waals surface area contributed by atoms with Gasteiger partial charge in [0, 0.05) is 18.5 Å². The highest BCUT2D eigenvalue weighted by Gasteiger charge is 2.14. The third-order valence-corrected chi connectivity index (χ3v) is 3.33. The van der Waals surface area contributed by atoms with Crippen LogP contribution < -0.4 is 15.0 Å². The largest absolute Gasteiger partial charge is 0.481 e. The van der Waals surface area contributed by atoms with Crippen molar-refractivity contribution in [3.05, 3.63) is 35.8 Å². The standard InChI is InChI=1S/C15H15N3O4/c16-14-6-4-11(17-18(14)7-1-2-15(19)20)10-3-5-12-13(8-10)22-9-21-12/h3-6,8,16H,1-2,7,9H2,(H,19,20). The average Bonchev–Trinajstić information content (AvgIpc) is 2.96. The molecule has 3 rings (SSSR count). The zero-order chi connectivity index (χ0) is 15.5. The number of aromatic nitrogens is 2. The maximum absolute atomic E-state index is 10.6. The summed E-state index contributed by atoms with van der Waals surface area (Å²) in [5, 5.41) is 20.9. The van der Waals surface area contributed by atoms with E-state index < -0.39 is 5.97 Å².